The third-order valence-corrected chi connectivity index (χ3v) is 5.16. The molecule has 33 heavy (non-hydrogen) atoms. The summed E-state index contributed by atoms with van der Waals surface area (Å²) in [5.41, 5.74) is 10.4. The van der Waals surface area contributed by atoms with E-state index in [4.69, 9.17) is 15.6 Å². The molecule has 4 aromatic rings. The molecule has 0 aliphatic carbocycles. The molecular weight excluding hydrogens is 416 g/mol. The number of aromatic nitrogens is 2. The maximum atomic E-state index is 12.7. The molecule has 3 aromatic carbocycles. The fraction of sp³-hybridized carbons (Fsp3) is 0.115. The van der Waals surface area contributed by atoms with Gasteiger partial charge in [-0.2, -0.15) is 5.10 Å². The van der Waals surface area contributed by atoms with Gasteiger partial charge in [0.15, 0.2) is 6.61 Å². The van der Waals surface area contributed by atoms with Crippen LogP contribution in [0.25, 0.3) is 16.9 Å². The number of hydrogen-bond acceptors (Lipinski definition) is 4. The maximum absolute atomic E-state index is 12.7. The highest BCUT2D eigenvalue weighted by atomic mass is 16.5. The van der Waals surface area contributed by atoms with E-state index >= 15 is 0 Å². The van der Waals surface area contributed by atoms with Gasteiger partial charge in [0.2, 0.25) is 0 Å². The molecule has 0 saturated carbocycles. The van der Waals surface area contributed by atoms with E-state index in [9.17, 15) is 9.59 Å². The van der Waals surface area contributed by atoms with Crippen molar-refractivity contribution in [1.29, 1.82) is 0 Å². The summed E-state index contributed by atoms with van der Waals surface area (Å²) in [4.78, 5) is 24.3. The van der Waals surface area contributed by atoms with E-state index in [0.29, 0.717) is 5.82 Å². The summed E-state index contributed by atoms with van der Waals surface area (Å²) in [6.07, 6.45) is 0. The van der Waals surface area contributed by atoms with Gasteiger partial charge in [0.05, 0.1) is 16.9 Å². The summed E-state index contributed by atoms with van der Waals surface area (Å²) in [6, 6.07) is 24.1. The minimum absolute atomic E-state index is 0.219. The Kier molecular flexibility index (Phi) is 6.22. The lowest BCUT2D eigenvalue weighted by atomic mass is 10.0. The predicted octanol–water partition coefficient (Wildman–Crippen LogP) is 4.27. The van der Waals surface area contributed by atoms with Gasteiger partial charge in [-0.1, -0.05) is 48.0 Å². The highest BCUT2D eigenvalue weighted by molar-refractivity contribution is 5.96. The lowest BCUT2D eigenvalue weighted by molar-refractivity contribution is -0.118. The Hall–Kier alpha value is -4.39. The highest BCUT2D eigenvalue weighted by Crippen LogP contribution is 2.28. The van der Waals surface area contributed by atoms with Crippen LogP contribution in [0.1, 0.15) is 21.5 Å². The smallest absolute Gasteiger partial charge is 0.263 e. The van der Waals surface area contributed by atoms with E-state index in [-0.39, 0.29) is 23.8 Å². The number of ether oxygens (including phenoxy) is 1. The summed E-state index contributed by atoms with van der Waals surface area (Å²) in [6.45, 7) is 3.77. The Balaban J connectivity index is 1.61. The maximum Gasteiger partial charge on any atom is 0.263 e. The molecule has 7 heteroatoms. The first-order valence-corrected chi connectivity index (χ1v) is 10.5. The van der Waals surface area contributed by atoms with E-state index < -0.39 is 5.91 Å². The second kappa shape index (κ2) is 9.40. The van der Waals surface area contributed by atoms with Crippen molar-refractivity contribution in [2.75, 3.05) is 11.9 Å². The Labute approximate surface area is 191 Å². The quantitative estimate of drug-likeness (QED) is 0.448. The van der Waals surface area contributed by atoms with E-state index in [1.807, 2.05) is 50.2 Å². The van der Waals surface area contributed by atoms with Gasteiger partial charge >= 0.3 is 0 Å². The van der Waals surface area contributed by atoms with E-state index in [1.54, 1.807) is 28.9 Å². The van der Waals surface area contributed by atoms with Crippen molar-refractivity contribution in [3.8, 4) is 22.7 Å². The molecular formula is C26H24N4O3. The van der Waals surface area contributed by atoms with Crippen molar-refractivity contribution in [2.45, 2.75) is 13.8 Å². The van der Waals surface area contributed by atoms with Gasteiger partial charge in [0.1, 0.15) is 11.6 Å². The summed E-state index contributed by atoms with van der Waals surface area (Å²) in [7, 11) is 0. The van der Waals surface area contributed by atoms with Gasteiger partial charge < -0.3 is 15.8 Å². The van der Waals surface area contributed by atoms with Crippen LogP contribution >= 0.6 is 0 Å². The summed E-state index contributed by atoms with van der Waals surface area (Å²) in [5, 5.41) is 7.63. The molecule has 7 nitrogen and oxygen atoms in total. The van der Waals surface area contributed by atoms with Gasteiger partial charge in [0, 0.05) is 11.6 Å². The highest BCUT2D eigenvalue weighted by Gasteiger charge is 2.16. The predicted molar refractivity (Wildman–Crippen MR) is 128 cm³/mol. The van der Waals surface area contributed by atoms with Crippen molar-refractivity contribution < 1.29 is 14.3 Å². The Bertz CT molecular complexity index is 1310. The number of nitrogens with one attached hydrogen (secondary N) is 1. The molecule has 0 spiro atoms. The molecule has 0 radical (unpaired) electrons. The van der Waals surface area contributed by atoms with Crippen LogP contribution in [0.15, 0.2) is 78.9 Å². The minimum Gasteiger partial charge on any atom is -0.483 e. The van der Waals surface area contributed by atoms with Crippen LogP contribution in [-0.4, -0.2) is 28.2 Å². The average Bonchev–Trinajstić information content (AvgIpc) is 3.23. The number of carbonyl (C=O) groups is 2. The molecule has 0 unspecified atom stereocenters. The minimum atomic E-state index is -0.619. The van der Waals surface area contributed by atoms with E-state index in [0.717, 1.165) is 28.1 Å². The van der Waals surface area contributed by atoms with Gasteiger partial charge in [-0.25, -0.2) is 4.68 Å². The van der Waals surface area contributed by atoms with Crippen LogP contribution in [0.2, 0.25) is 0 Å². The second-order valence-electron chi connectivity index (χ2n) is 7.68. The molecule has 1 heterocycles. The van der Waals surface area contributed by atoms with E-state index in [2.05, 4.69) is 23.5 Å². The normalized spacial score (nSPS) is 10.6. The molecule has 0 saturated heterocycles. The zero-order valence-electron chi connectivity index (χ0n) is 18.4. The van der Waals surface area contributed by atoms with Gasteiger partial charge in [-0.3, -0.25) is 9.59 Å². The first-order chi connectivity index (χ1) is 15.9. The SMILES string of the molecule is Cc1ccc(C)c(-c2cc(NC(=O)COc3ccccc3C(N)=O)n(-c3ccccc3)n2)c1. The first kappa shape index (κ1) is 21.8. The number of primary amides is 1. The molecule has 2 amide bonds. The fourth-order valence-electron chi connectivity index (χ4n) is 3.50. The van der Waals surface area contributed by atoms with Crippen LogP contribution in [0.5, 0.6) is 5.75 Å². The molecule has 4 rings (SSSR count). The number of carbonyl (C=O) groups excluding carboxylic acids is 2. The zero-order chi connectivity index (χ0) is 23.4. The molecule has 3 N–H and O–H groups in total. The third-order valence-electron chi connectivity index (χ3n) is 5.16. The molecule has 166 valence electrons. The Morgan fingerprint density at radius 1 is 0.970 bits per heavy atom. The van der Waals surface area contributed by atoms with Crippen LogP contribution in [0.4, 0.5) is 5.82 Å². The third kappa shape index (κ3) is 4.93. The van der Waals surface area contributed by atoms with Gasteiger partial charge in [-0.05, 0) is 49.7 Å². The number of amides is 2. The monoisotopic (exact) mass is 440 g/mol. The summed E-state index contributed by atoms with van der Waals surface area (Å²) < 4.78 is 7.25. The van der Waals surface area contributed by atoms with Crippen molar-refractivity contribution in [3.05, 3.63) is 95.6 Å². The summed E-state index contributed by atoms with van der Waals surface area (Å²) in [5.74, 6) is -0.244. The van der Waals surface area contributed by atoms with Crippen molar-refractivity contribution in [1.82, 2.24) is 9.78 Å². The van der Waals surface area contributed by atoms with E-state index in [1.165, 1.54) is 0 Å². The lowest BCUT2D eigenvalue weighted by Gasteiger charge is -2.11. The largest absolute Gasteiger partial charge is 0.483 e. The van der Waals surface area contributed by atoms with Crippen molar-refractivity contribution in [2.24, 2.45) is 5.73 Å². The number of hydrogen-bond donors (Lipinski definition) is 2. The van der Waals surface area contributed by atoms with Crippen LogP contribution in [-0.2, 0) is 4.79 Å². The van der Waals surface area contributed by atoms with Gasteiger partial charge in [0.25, 0.3) is 11.8 Å². The fourth-order valence-corrected chi connectivity index (χ4v) is 3.50. The standard InChI is InChI=1S/C26H24N4O3/c1-17-12-13-18(2)21(14-17)22-15-24(30(29-22)19-8-4-3-5-9-19)28-25(31)16-33-23-11-7-6-10-20(23)26(27)32/h3-15H,16H2,1-2H3,(H2,27,32)(H,28,31). The molecule has 0 aliphatic rings. The number of nitrogens with two attached hydrogens (primary N) is 1. The molecule has 0 fully saturated rings. The lowest BCUT2D eigenvalue weighted by Crippen LogP contribution is -2.23. The number of benzene rings is 3. The molecule has 0 bridgehead atoms. The number of nitrogens with zero attached hydrogens (tertiary/aromatic N) is 2. The molecule has 1 aromatic heterocycles. The number of rotatable bonds is 7. The molecule has 0 aliphatic heterocycles. The van der Waals surface area contributed by atoms with Gasteiger partial charge in [-0.15, -0.1) is 0 Å². The first-order valence-electron chi connectivity index (χ1n) is 10.5. The summed E-state index contributed by atoms with van der Waals surface area (Å²) >= 11 is 0. The number of anilines is 1. The Morgan fingerprint density at radius 2 is 1.70 bits per heavy atom. The average molecular weight is 441 g/mol. The van der Waals surface area contributed by atoms with Crippen LogP contribution in [0.3, 0.4) is 0 Å². The number of para-hydroxylation sites is 2. The van der Waals surface area contributed by atoms with Crippen molar-refractivity contribution >= 4 is 17.6 Å². The zero-order valence-corrected chi connectivity index (χ0v) is 18.4. The Morgan fingerprint density at radius 3 is 2.45 bits per heavy atom. The molecule has 0 atom stereocenters. The van der Waals surface area contributed by atoms with Crippen LogP contribution in [0, 0.1) is 13.8 Å². The second-order valence-corrected chi connectivity index (χ2v) is 7.68. The van der Waals surface area contributed by atoms with Crippen LogP contribution < -0.4 is 15.8 Å². The number of aryl methyl sites for hydroxylation is 2. The van der Waals surface area contributed by atoms with Crippen molar-refractivity contribution in [3.63, 3.8) is 0 Å². The topological polar surface area (TPSA) is 99.2 Å².